The zero-order valence-electron chi connectivity index (χ0n) is 14.5. The van der Waals surface area contributed by atoms with Gasteiger partial charge in [0.2, 0.25) is 11.7 Å². The van der Waals surface area contributed by atoms with E-state index in [4.69, 9.17) is 0 Å². The maximum atomic E-state index is 12.8. The van der Waals surface area contributed by atoms with Gasteiger partial charge >= 0.3 is 6.18 Å². The minimum atomic E-state index is -4.55. The van der Waals surface area contributed by atoms with E-state index < -0.39 is 17.3 Å². The second kappa shape index (κ2) is 6.81. The van der Waals surface area contributed by atoms with E-state index in [-0.39, 0.29) is 17.1 Å². The predicted octanol–water partition coefficient (Wildman–Crippen LogP) is 3.26. The molecule has 1 aromatic heterocycles. The lowest BCUT2D eigenvalue weighted by Gasteiger charge is -2.29. The molecule has 0 radical (unpaired) electrons. The third-order valence-electron chi connectivity index (χ3n) is 5.54. The number of halogens is 3. The second-order valence-corrected chi connectivity index (χ2v) is 8.57. The van der Waals surface area contributed by atoms with E-state index in [1.807, 2.05) is 6.92 Å². The molecule has 1 aromatic rings. The molecule has 2 aliphatic carbocycles. The van der Waals surface area contributed by atoms with Crippen LogP contribution in [0.4, 0.5) is 13.2 Å². The second-order valence-electron chi connectivity index (χ2n) is 7.26. The highest BCUT2D eigenvalue weighted by Crippen LogP contribution is 2.49. The number of nitrogens with one attached hydrogen (secondary N) is 1. The van der Waals surface area contributed by atoms with E-state index in [1.165, 1.54) is 32.7 Å². The summed E-state index contributed by atoms with van der Waals surface area (Å²) in [5.74, 6) is 0.804. The van der Waals surface area contributed by atoms with Gasteiger partial charge in [0, 0.05) is 13.1 Å². The Morgan fingerprint density at radius 1 is 1.28 bits per heavy atom. The molecule has 1 N–H and O–H groups in total. The van der Waals surface area contributed by atoms with Crippen molar-refractivity contribution in [3.05, 3.63) is 5.82 Å². The molecule has 0 spiro atoms. The number of thioether (sulfide) groups is 1. The average Bonchev–Trinajstić information content (AvgIpc) is 3.22. The molecule has 5 atom stereocenters. The lowest BCUT2D eigenvalue weighted by atomic mass is 9.84. The highest BCUT2D eigenvalue weighted by molar-refractivity contribution is 8.00. The standard InChI is InChI=1S/C16H23F3N4OS/c1-8(12-7-10-4-5-11(12)6-10)20-13(24)9(2)25-15-22-21-14(23(15)3)16(17,18)19/h8-12H,4-7H2,1-3H3,(H,20,24)/t8-,9+,10+,11+,12+/m1/s1. The molecule has 2 saturated carbocycles. The van der Waals surface area contributed by atoms with Crippen molar-refractivity contribution in [3.8, 4) is 0 Å². The zero-order valence-corrected chi connectivity index (χ0v) is 15.3. The van der Waals surface area contributed by atoms with Crippen molar-refractivity contribution in [2.24, 2.45) is 24.8 Å². The monoisotopic (exact) mass is 376 g/mol. The third kappa shape index (κ3) is 3.80. The van der Waals surface area contributed by atoms with Crippen LogP contribution >= 0.6 is 11.8 Å². The van der Waals surface area contributed by atoms with Gasteiger partial charge in [-0.2, -0.15) is 13.2 Å². The Kier molecular flexibility index (Phi) is 5.05. The van der Waals surface area contributed by atoms with E-state index in [9.17, 15) is 18.0 Å². The molecular formula is C16H23F3N4OS. The highest BCUT2D eigenvalue weighted by atomic mass is 32.2. The lowest BCUT2D eigenvalue weighted by molar-refractivity contribution is -0.147. The molecule has 3 rings (SSSR count). The van der Waals surface area contributed by atoms with Crippen LogP contribution in [0.1, 0.15) is 45.4 Å². The molecule has 0 aliphatic heterocycles. The van der Waals surface area contributed by atoms with Gasteiger partial charge in [0.25, 0.3) is 0 Å². The molecule has 0 saturated heterocycles. The summed E-state index contributed by atoms with van der Waals surface area (Å²) in [4.78, 5) is 12.4. The SMILES string of the molecule is C[C@H](Sc1nnc(C(F)(F)F)n1C)C(=O)N[C@H](C)[C@@H]1C[C@H]2CC[C@H]1C2. The van der Waals surface area contributed by atoms with Gasteiger partial charge in [-0.1, -0.05) is 18.2 Å². The van der Waals surface area contributed by atoms with Crippen LogP contribution in [0.5, 0.6) is 0 Å². The summed E-state index contributed by atoms with van der Waals surface area (Å²) >= 11 is 0.992. The maximum absolute atomic E-state index is 12.8. The van der Waals surface area contributed by atoms with Gasteiger partial charge in [-0.05, 0) is 50.9 Å². The average molecular weight is 376 g/mol. The number of hydrogen-bond donors (Lipinski definition) is 1. The van der Waals surface area contributed by atoms with Gasteiger partial charge in [-0.25, -0.2) is 0 Å². The first-order valence-electron chi connectivity index (χ1n) is 8.60. The Morgan fingerprint density at radius 3 is 2.52 bits per heavy atom. The Bertz CT molecular complexity index is 648. The molecule has 2 bridgehead atoms. The highest BCUT2D eigenvalue weighted by Gasteiger charge is 2.42. The normalized spacial score (nSPS) is 28.2. The van der Waals surface area contributed by atoms with Gasteiger partial charge in [0.05, 0.1) is 5.25 Å². The third-order valence-corrected chi connectivity index (χ3v) is 6.68. The Hall–Kier alpha value is -1.25. The first-order valence-corrected chi connectivity index (χ1v) is 9.48. The molecule has 0 aromatic carbocycles. The number of carbonyl (C=O) groups is 1. The maximum Gasteiger partial charge on any atom is 0.451 e. The van der Waals surface area contributed by atoms with Gasteiger partial charge in [-0.3, -0.25) is 4.79 Å². The van der Waals surface area contributed by atoms with Gasteiger partial charge in [0.15, 0.2) is 5.16 Å². The van der Waals surface area contributed by atoms with Crippen molar-refractivity contribution in [2.45, 2.75) is 62.2 Å². The number of amides is 1. The van der Waals surface area contributed by atoms with Crippen molar-refractivity contribution < 1.29 is 18.0 Å². The number of alkyl halides is 3. The first-order chi connectivity index (χ1) is 11.7. The van der Waals surface area contributed by atoms with E-state index >= 15 is 0 Å². The smallest absolute Gasteiger partial charge is 0.352 e. The topological polar surface area (TPSA) is 59.8 Å². The quantitative estimate of drug-likeness (QED) is 0.802. The molecule has 9 heteroatoms. The lowest BCUT2D eigenvalue weighted by Crippen LogP contribution is -2.43. The number of aromatic nitrogens is 3. The fourth-order valence-corrected chi connectivity index (χ4v) is 5.05. The number of rotatable bonds is 5. The summed E-state index contributed by atoms with van der Waals surface area (Å²) in [7, 11) is 1.26. The van der Waals surface area contributed by atoms with E-state index in [0.717, 1.165) is 22.2 Å². The van der Waals surface area contributed by atoms with Crippen molar-refractivity contribution in [1.82, 2.24) is 20.1 Å². The van der Waals surface area contributed by atoms with Crippen LogP contribution in [0.3, 0.4) is 0 Å². The molecule has 1 amide bonds. The number of nitrogens with zero attached hydrogens (tertiary/aromatic N) is 3. The van der Waals surface area contributed by atoms with Crippen molar-refractivity contribution in [3.63, 3.8) is 0 Å². The Morgan fingerprint density at radius 2 is 2.00 bits per heavy atom. The van der Waals surface area contributed by atoms with Crippen molar-refractivity contribution in [1.29, 1.82) is 0 Å². The summed E-state index contributed by atoms with van der Waals surface area (Å²) in [5.41, 5.74) is 0. The van der Waals surface area contributed by atoms with Crippen LogP contribution in [-0.2, 0) is 18.0 Å². The molecule has 2 aliphatic rings. The van der Waals surface area contributed by atoms with E-state index in [0.29, 0.717) is 11.8 Å². The number of hydrogen-bond acceptors (Lipinski definition) is 4. The van der Waals surface area contributed by atoms with Crippen LogP contribution in [0.15, 0.2) is 5.16 Å². The van der Waals surface area contributed by atoms with Gasteiger partial charge in [0.1, 0.15) is 0 Å². The summed E-state index contributed by atoms with van der Waals surface area (Å²) in [6.45, 7) is 3.71. The Labute approximate surface area is 149 Å². The molecular weight excluding hydrogens is 353 g/mol. The molecule has 2 fully saturated rings. The first kappa shape index (κ1) is 18.5. The van der Waals surface area contributed by atoms with Crippen LogP contribution in [0.2, 0.25) is 0 Å². The van der Waals surface area contributed by atoms with Gasteiger partial charge in [-0.15, -0.1) is 10.2 Å². The molecule has 25 heavy (non-hydrogen) atoms. The Balaban J connectivity index is 1.57. The molecule has 1 heterocycles. The summed E-state index contributed by atoms with van der Waals surface area (Å²) in [6.07, 6.45) is 0.448. The fourth-order valence-electron chi connectivity index (χ4n) is 4.23. The summed E-state index contributed by atoms with van der Waals surface area (Å²) in [5, 5.41) is 9.35. The molecule has 0 unspecified atom stereocenters. The number of fused-ring (bicyclic) bond motifs is 2. The molecule has 5 nitrogen and oxygen atoms in total. The van der Waals surface area contributed by atoms with Crippen LogP contribution < -0.4 is 5.32 Å². The zero-order chi connectivity index (χ0) is 18.4. The van der Waals surface area contributed by atoms with Crippen LogP contribution in [0.25, 0.3) is 0 Å². The summed E-state index contributed by atoms with van der Waals surface area (Å²) in [6, 6.07) is 0.0936. The minimum absolute atomic E-state index is 0.0857. The fraction of sp³-hybridized carbons (Fsp3) is 0.812. The minimum Gasteiger partial charge on any atom is -0.352 e. The van der Waals surface area contributed by atoms with Crippen molar-refractivity contribution >= 4 is 17.7 Å². The van der Waals surface area contributed by atoms with Crippen molar-refractivity contribution in [2.75, 3.05) is 0 Å². The number of carbonyl (C=O) groups excluding carboxylic acids is 1. The van der Waals surface area contributed by atoms with Crippen LogP contribution in [-0.4, -0.2) is 32.0 Å². The predicted molar refractivity (Wildman–Crippen MR) is 87.9 cm³/mol. The van der Waals surface area contributed by atoms with E-state index in [1.54, 1.807) is 6.92 Å². The molecule has 140 valence electrons. The van der Waals surface area contributed by atoms with Gasteiger partial charge < -0.3 is 9.88 Å². The largest absolute Gasteiger partial charge is 0.451 e. The van der Waals surface area contributed by atoms with E-state index in [2.05, 4.69) is 15.5 Å². The summed E-state index contributed by atoms with van der Waals surface area (Å²) < 4.78 is 39.2. The van der Waals surface area contributed by atoms with Crippen LogP contribution in [0, 0.1) is 17.8 Å².